The highest BCUT2D eigenvalue weighted by atomic mass is 32.2. The molecule has 8 nitrogen and oxygen atoms in total. The lowest BCUT2D eigenvalue weighted by atomic mass is 10.4. The van der Waals surface area contributed by atoms with Crippen molar-refractivity contribution in [3.8, 4) is 0 Å². The number of amides is 1. The molecule has 4 N–H and O–H groups in total. The Balaban J connectivity index is 2.86. The van der Waals surface area contributed by atoms with E-state index in [0.29, 0.717) is 11.7 Å². The summed E-state index contributed by atoms with van der Waals surface area (Å²) < 4.78 is 6.43. The smallest absolute Gasteiger partial charge is 0.343 e. The predicted molar refractivity (Wildman–Crippen MR) is 67.0 cm³/mol. The van der Waals surface area contributed by atoms with Crippen LogP contribution in [0.3, 0.4) is 0 Å². The van der Waals surface area contributed by atoms with Crippen molar-refractivity contribution in [2.24, 2.45) is 5.84 Å². The number of carbonyl (C=O) groups excluding carboxylic acids is 1. The molecule has 0 bridgehead atoms. The molecule has 1 unspecified atom stereocenters. The van der Waals surface area contributed by atoms with Gasteiger partial charge in [-0.2, -0.15) is 0 Å². The van der Waals surface area contributed by atoms with E-state index in [1.54, 1.807) is 0 Å². The van der Waals surface area contributed by atoms with Gasteiger partial charge < -0.3 is 4.74 Å². The Morgan fingerprint density at radius 2 is 2.44 bits per heavy atom. The fourth-order valence-electron chi connectivity index (χ4n) is 1.35. The van der Waals surface area contributed by atoms with Gasteiger partial charge in [0.05, 0.1) is 6.61 Å². The molecule has 102 valence electrons. The van der Waals surface area contributed by atoms with E-state index in [4.69, 9.17) is 10.6 Å². The van der Waals surface area contributed by atoms with Gasteiger partial charge in [0.15, 0.2) is 5.16 Å². The number of hydrogen-bond donors (Lipinski definition) is 3. The number of nitrogens with zero attached hydrogens (tertiary/aromatic N) is 2. The number of nitrogens with one attached hydrogen (secondary N) is 2. The molecule has 9 heteroatoms. The van der Waals surface area contributed by atoms with Crippen LogP contribution in [0.2, 0.25) is 0 Å². The number of hydrazine groups is 1. The Hall–Kier alpha value is -1.32. The van der Waals surface area contributed by atoms with Crippen molar-refractivity contribution < 1.29 is 9.53 Å². The molecule has 1 aromatic rings. The van der Waals surface area contributed by atoms with E-state index in [1.807, 2.05) is 6.92 Å². The first kappa shape index (κ1) is 14.7. The largest absolute Gasteiger partial charge is 0.383 e. The molecule has 0 saturated carbocycles. The highest BCUT2D eigenvalue weighted by molar-refractivity contribution is 8.00. The highest BCUT2D eigenvalue weighted by Gasteiger charge is 2.22. The van der Waals surface area contributed by atoms with Crippen molar-refractivity contribution in [3.63, 3.8) is 0 Å². The van der Waals surface area contributed by atoms with E-state index in [0.717, 1.165) is 18.2 Å². The first-order valence-corrected chi connectivity index (χ1v) is 6.33. The van der Waals surface area contributed by atoms with Crippen molar-refractivity contribution in [1.82, 2.24) is 20.2 Å². The van der Waals surface area contributed by atoms with E-state index in [1.165, 1.54) is 11.7 Å². The molecule has 0 aromatic carbocycles. The highest BCUT2D eigenvalue weighted by Crippen LogP contribution is 2.20. The van der Waals surface area contributed by atoms with Crippen LogP contribution in [0.4, 0.5) is 0 Å². The monoisotopic (exact) mass is 275 g/mol. The first-order valence-electron chi connectivity index (χ1n) is 5.45. The summed E-state index contributed by atoms with van der Waals surface area (Å²) in [6, 6.07) is 0. The van der Waals surface area contributed by atoms with Crippen molar-refractivity contribution >= 4 is 17.7 Å². The van der Waals surface area contributed by atoms with Crippen molar-refractivity contribution in [2.75, 3.05) is 13.7 Å². The lowest BCUT2D eigenvalue weighted by molar-refractivity contribution is -0.121. The lowest BCUT2D eigenvalue weighted by Crippen LogP contribution is -2.39. The zero-order valence-corrected chi connectivity index (χ0v) is 11.1. The fourth-order valence-corrected chi connectivity index (χ4v) is 2.38. The van der Waals surface area contributed by atoms with Crippen LogP contribution >= 0.6 is 11.8 Å². The zero-order valence-electron chi connectivity index (χ0n) is 10.3. The van der Waals surface area contributed by atoms with Crippen molar-refractivity contribution in [3.05, 3.63) is 10.5 Å². The number of hydrogen-bond acceptors (Lipinski definition) is 6. The Labute approximate surface area is 108 Å². The molecule has 1 aromatic heterocycles. The zero-order chi connectivity index (χ0) is 13.5. The molecule has 0 fully saturated rings. The summed E-state index contributed by atoms with van der Waals surface area (Å²) in [7, 11) is 1.49. The van der Waals surface area contributed by atoms with Gasteiger partial charge in [0.25, 0.3) is 0 Å². The number of carbonyl (C=O) groups is 1. The quantitative estimate of drug-likeness (QED) is 0.256. The number of aromatic nitrogens is 3. The Morgan fingerprint density at radius 3 is 3.00 bits per heavy atom. The second-order valence-electron chi connectivity index (χ2n) is 3.53. The summed E-state index contributed by atoms with van der Waals surface area (Å²) in [6.07, 6.45) is 0.797. The number of H-pyrrole nitrogens is 1. The molecule has 0 radical (unpaired) electrons. The second kappa shape index (κ2) is 7.19. The SMILES string of the molecule is CCCn1c(SC(COC)C(=O)NN)n[nH]c1=O. The molecule has 1 heterocycles. The van der Waals surface area contributed by atoms with Gasteiger partial charge in [-0.25, -0.2) is 15.7 Å². The van der Waals surface area contributed by atoms with Gasteiger partial charge in [0.2, 0.25) is 5.91 Å². The van der Waals surface area contributed by atoms with Gasteiger partial charge in [-0.05, 0) is 6.42 Å². The van der Waals surface area contributed by atoms with Crippen LogP contribution in [-0.4, -0.2) is 39.6 Å². The van der Waals surface area contributed by atoms with Crippen molar-refractivity contribution in [2.45, 2.75) is 30.3 Å². The summed E-state index contributed by atoms with van der Waals surface area (Å²) in [5.74, 6) is 4.72. The molecule has 18 heavy (non-hydrogen) atoms. The summed E-state index contributed by atoms with van der Waals surface area (Å²) in [5, 5.41) is 6.15. The Kier molecular flexibility index (Phi) is 5.89. The molecule has 0 aliphatic rings. The first-order chi connectivity index (χ1) is 8.63. The van der Waals surface area contributed by atoms with Crippen LogP contribution in [0.25, 0.3) is 0 Å². The molecular formula is C9H17N5O3S. The van der Waals surface area contributed by atoms with E-state index in [9.17, 15) is 9.59 Å². The minimum Gasteiger partial charge on any atom is -0.383 e. The van der Waals surface area contributed by atoms with Gasteiger partial charge in [0.1, 0.15) is 5.25 Å². The maximum atomic E-state index is 11.5. The Morgan fingerprint density at radius 1 is 1.72 bits per heavy atom. The number of methoxy groups -OCH3 is 1. The average Bonchev–Trinajstić information content (AvgIpc) is 2.70. The summed E-state index contributed by atoms with van der Waals surface area (Å²) in [6.45, 7) is 2.68. The van der Waals surface area contributed by atoms with E-state index >= 15 is 0 Å². The van der Waals surface area contributed by atoms with Gasteiger partial charge in [-0.1, -0.05) is 18.7 Å². The maximum absolute atomic E-state index is 11.5. The molecule has 1 rings (SSSR count). The van der Waals surface area contributed by atoms with Gasteiger partial charge in [-0.3, -0.25) is 14.8 Å². The fraction of sp³-hybridized carbons (Fsp3) is 0.667. The standard InChI is InChI=1S/C9H17N5O3S/c1-3-4-14-8(16)12-13-9(14)18-6(5-17-2)7(15)11-10/h6H,3-5,10H2,1-2H3,(H,11,15)(H,12,16). The lowest BCUT2D eigenvalue weighted by Gasteiger charge is -2.13. The van der Waals surface area contributed by atoms with Crippen LogP contribution in [-0.2, 0) is 16.1 Å². The summed E-state index contributed by atoms with van der Waals surface area (Å²) in [5.41, 5.74) is 1.77. The minimum atomic E-state index is -0.550. The molecule has 1 amide bonds. The maximum Gasteiger partial charge on any atom is 0.343 e. The normalized spacial score (nSPS) is 12.4. The van der Waals surface area contributed by atoms with Crippen molar-refractivity contribution in [1.29, 1.82) is 0 Å². The summed E-state index contributed by atoms with van der Waals surface area (Å²) >= 11 is 1.14. The predicted octanol–water partition coefficient (Wildman–Crippen LogP) is -0.922. The Bertz CT molecular complexity index is 444. The molecule has 1 atom stereocenters. The number of aromatic amines is 1. The van der Waals surface area contributed by atoms with Crippen LogP contribution in [0.15, 0.2) is 9.95 Å². The van der Waals surface area contributed by atoms with E-state index < -0.39 is 5.25 Å². The number of ether oxygens (including phenoxy) is 1. The topological polar surface area (TPSA) is 115 Å². The third kappa shape index (κ3) is 3.59. The second-order valence-corrected chi connectivity index (χ2v) is 4.70. The van der Waals surface area contributed by atoms with Crippen LogP contribution in [0.5, 0.6) is 0 Å². The minimum absolute atomic E-state index is 0.181. The molecular weight excluding hydrogens is 258 g/mol. The average molecular weight is 275 g/mol. The molecule has 0 aliphatic carbocycles. The molecule has 0 aliphatic heterocycles. The number of rotatable bonds is 7. The van der Waals surface area contributed by atoms with E-state index in [2.05, 4.69) is 15.6 Å². The number of nitrogens with two attached hydrogens (primary N) is 1. The summed E-state index contributed by atoms with van der Waals surface area (Å²) in [4.78, 5) is 23.0. The van der Waals surface area contributed by atoms with E-state index in [-0.39, 0.29) is 18.2 Å². The molecule has 0 spiro atoms. The van der Waals surface area contributed by atoms with Gasteiger partial charge in [0, 0.05) is 13.7 Å². The van der Waals surface area contributed by atoms with Gasteiger partial charge >= 0.3 is 5.69 Å². The third-order valence-corrected chi connectivity index (χ3v) is 3.33. The van der Waals surface area contributed by atoms with Crippen LogP contribution < -0.4 is 17.0 Å². The third-order valence-electron chi connectivity index (χ3n) is 2.17. The van der Waals surface area contributed by atoms with Crippen LogP contribution in [0.1, 0.15) is 13.3 Å². The molecule has 0 saturated heterocycles. The number of thioether (sulfide) groups is 1. The van der Waals surface area contributed by atoms with Crippen LogP contribution in [0, 0.1) is 0 Å². The van der Waals surface area contributed by atoms with Gasteiger partial charge in [-0.15, -0.1) is 5.10 Å².